The molecule has 1 heterocycles. The summed E-state index contributed by atoms with van der Waals surface area (Å²) < 4.78 is 4.57. The number of likely N-dealkylation sites (tertiary alicyclic amines) is 1. The maximum absolute atomic E-state index is 11.4. The number of nitrogens with zero attached hydrogens (tertiary/aromatic N) is 1. The Hall–Kier alpha value is -1.07. The van der Waals surface area contributed by atoms with Crippen molar-refractivity contribution < 1.29 is 14.3 Å². The van der Waals surface area contributed by atoms with E-state index in [4.69, 9.17) is 17.3 Å². The lowest BCUT2D eigenvalue weighted by atomic mass is 10.1. The van der Waals surface area contributed by atoms with Crippen molar-refractivity contribution in [3.63, 3.8) is 0 Å². The third kappa shape index (κ3) is 1.85. The number of β-lactam (4-membered cyclic amide) rings is 1. The van der Waals surface area contributed by atoms with Crippen molar-refractivity contribution in [2.45, 2.75) is 25.4 Å². The molecule has 0 aromatic heterocycles. The van der Waals surface area contributed by atoms with E-state index in [1.54, 1.807) is 13.8 Å². The Balaban J connectivity index is 3.00. The maximum Gasteiger partial charge on any atom is 0.354 e. The fourth-order valence-electron chi connectivity index (χ4n) is 1.35. The van der Waals surface area contributed by atoms with E-state index in [0.717, 1.165) is 4.90 Å². The largest absolute Gasteiger partial charge is 0.464 e. The Morgan fingerprint density at radius 1 is 1.53 bits per heavy atom. The second-order valence-electron chi connectivity index (χ2n) is 3.45. The van der Waals surface area contributed by atoms with E-state index in [-0.39, 0.29) is 11.6 Å². The van der Waals surface area contributed by atoms with Crippen LogP contribution in [0.3, 0.4) is 0 Å². The first-order chi connectivity index (χ1) is 6.91. The number of esters is 1. The highest BCUT2D eigenvalue weighted by Gasteiger charge is 2.47. The molecule has 0 saturated carbocycles. The minimum atomic E-state index is -0.745. The number of amides is 1. The SMILES string of the molecule is COC(=O)C(=C(C)C)N1C(=O)[C@H](N)C1Cl. The number of halogens is 1. The second kappa shape index (κ2) is 4.20. The number of alkyl halides is 1. The summed E-state index contributed by atoms with van der Waals surface area (Å²) in [6.07, 6.45) is 0. The summed E-state index contributed by atoms with van der Waals surface area (Å²) in [4.78, 5) is 24.0. The zero-order chi connectivity index (χ0) is 11.7. The van der Waals surface area contributed by atoms with Crippen molar-refractivity contribution in [2.75, 3.05) is 7.11 Å². The summed E-state index contributed by atoms with van der Waals surface area (Å²) in [6.45, 7) is 3.40. The van der Waals surface area contributed by atoms with E-state index in [0.29, 0.717) is 5.57 Å². The summed E-state index contributed by atoms with van der Waals surface area (Å²) in [7, 11) is 1.25. The number of methoxy groups -OCH3 is 1. The van der Waals surface area contributed by atoms with Gasteiger partial charge in [-0.2, -0.15) is 0 Å². The molecule has 1 aliphatic rings. The van der Waals surface area contributed by atoms with Gasteiger partial charge in [-0.15, -0.1) is 0 Å². The predicted octanol–water partition coefficient (Wildman–Crippen LogP) is 0.188. The molecule has 15 heavy (non-hydrogen) atoms. The molecular weight excluding hydrogens is 220 g/mol. The quantitative estimate of drug-likeness (QED) is 0.243. The van der Waals surface area contributed by atoms with Gasteiger partial charge in [-0.3, -0.25) is 9.69 Å². The monoisotopic (exact) mass is 232 g/mol. The highest BCUT2D eigenvalue weighted by Crippen LogP contribution is 2.29. The van der Waals surface area contributed by atoms with E-state index in [1.807, 2.05) is 0 Å². The van der Waals surface area contributed by atoms with Crippen molar-refractivity contribution in [3.8, 4) is 0 Å². The van der Waals surface area contributed by atoms with Gasteiger partial charge in [-0.1, -0.05) is 11.6 Å². The Morgan fingerprint density at radius 2 is 2.07 bits per heavy atom. The van der Waals surface area contributed by atoms with Gasteiger partial charge in [0.05, 0.1) is 7.11 Å². The number of carbonyl (C=O) groups is 2. The fourth-order valence-corrected chi connectivity index (χ4v) is 1.65. The molecule has 0 bridgehead atoms. The van der Waals surface area contributed by atoms with Gasteiger partial charge in [-0.05, 0) is 19.4 Å². The lowest BCUT2D eigenvalue weighted by Gasteiger charge is -2.42. The van der Waals surface area contributed by atoms with Crippen LogP contribution in [0.15, 0.2) is 11.3 Å². The molecule has 0 radical (unpaired) electrons. The Labute approximate surface area is 92.8 Å². The molecule has 0 aliphatic carbocycles. The number of allylic oxidation sites excluding steroid dienone is 1. The average Bonchev–Trinajstić information content (AvgIpc) is 2.22. The van der Waals surface area contributed by atoms with Gasteiger partial charge in [-0.25, -0.2) is 4.79 Å². The first-order valence-electron chi connectivity index (χ1n) is 4.40. The number of carbonyl (C=O) groups excluding carboxylic acids is 2. The lowest BCUT2D eigenvalue weighted by Crippen LogP contribution is -2.66. The van der Waals surface area contributed by atoms with Crippen LogP contribution in [-0.2, 0) is 14.3 Å². The van der Waals surface area contributed by atoms with Crippen LogP contribution in [0.25, 0.3) is 0 Å². The molecule has 5 nitrogen and oxygen atoms in total. The van der Waals surface area contributed by atoms with Crippen molar-refractivity contribution in [2.24, 2.45) is 5.73 Å². The summed E-state index contributed by atoms with van der Waals surface area (Å²) in [5.74, 6) is -0.947. The predicted molar refractivity (Wildman–Crippen MR) is 54.9 cm³/mol. The van der Waals surface area contributed by atoms with E-state index in [1.165, 1.54) is 7.11 Å². The Kier molecular flexibility index (Phi) is 3.36. The third-order valence-corrected chi connectivity index (χ3v) is 2.63. The van der Waals surface area contributed by atoms with Gasteiger partial charge in [0.2, 0.25) is 5.91 Å². The normalized spacial score (nSPS) is 24.6. The van der Waals surface area contributed by atoms with Crippen LogP contribution in [-0.4, -0.2) is 35.4 Å². The van der Waals surface area contributed by atoms with E-state index >= 15 is 0 Å². The molecule has 6 heteroatoms. The van der Waals surface area contributed by atoms with Gasteiger partial charge in [0.1, 0.15) is 17.2 Å². The van der Waals surface area contributed by atoms with E-state index in [2.05, 4.69) is 4.74 Å². The van der Waals surface area contributed by atoms with Crippen molar-refractivity contribution in [3.05, 3.63) is 11.3 Å². The number of hydrogen-bond acceptors (Lipinski definition) is 4. The number of ether oxygens (including phenoxy) is 1. The lowest BCUT2D eigenvalue weighted by molar-refractivity contribution is -0.149. The molecule has 84 valence electrons. The fraction of sp³-hybridized carbons (Fsp3) is 0.556. The maximum atomic E-state index is 11.4. The van der Waals surface area contributed by atoms with Crippen LogP contribution in [0.2, 0.25) is 0 Å². The first kappa shape index (κ1) is 12.0. The van der Waals surface area contributed by atoms with E-state index < -0.39 is 17.5 Å². The highest BCUT2D eigenvalue weighted by atomic mass is 35.5. The van der Waals surface area contributed by atoms with Gasteiger partial charge in [0.25, 0.3) is 0 Å². The minimum absolute atomic E-state index is 0.171. The zero-order valence-electron chi connectivity index (χ0n) is 8.78. The molecule has 1 amide bonds. The molecular formula is C9H13ClN2O3. The molecule has 1 fully saturated rings. The second-order valence-corrected chi connectivity index (χ2v) is 3.89. The molecule has 2 atom stereocenters. The summed E-state index contributed by atoms with van der Waals surface area (Å²) in [5, 5.41) is 0. The molecule has 0 aromatic rings. The van der Waals surface area contributed by atoms with Crippen LogP contribution in [0.5, 0.6) is 0 Å². The molecule has 1 unspecified atom stereocenters. The molecule has 1 aliphatic heterocycles. The highest BCUT2D eigenvalue weighted by molar-refractivity contribution is 6.27. The Morgan fingerprint density at radius 3 is 2.40 bits per heavy atom. The van der Waals surface area contributed by atoms with Crippen molar-refractivity contribution >= 4 is 23.5 Å². The van der Waals surface area contributed by atoms with Gasteiger partial charge in [0.15, 0.2) is 0 Å². The third-order valence-electron chi connectivity index (χ3n) is 2.16. The molecule has 0 aromatic carbocycles. The number of nitrogens with two attached hydrogens (primary N) is 1. The van der Waals surface area contributed by atoms with Crippen molar-refractivity contribution in [1.82, 2.24) is 4.90 Å². The zero-order valence-corrected chi connectivity index (χ0v) is 9.54. The topological polar surface area (TPSA) is 72.6 Å². The van der Waals surface area contributed by atoms with Crippen LogP contribution in [0.4, 0.5) is 0 Å². The standard InChI is InChI=1S/C9H13ClN2O3/c1-4(2)6(9(14)15-3)12-7(10)5(11)8(12)13/h5,7H,11H2,1-3H3/t5-,7?/m1/s1. The molecule has 1 rings (SSSR count). The van der Waals surface area contributed by atoms with Crippen LogP contribution >= 0.6 is 11.6 Å². The smallest absolute Gasteiger partial charge is 0.354 e. The number of hydrogen-bond donors (Lipinski definition) is 1. The van der Waals surface area contributed by atoms with Crippen LogP contribution < -0.4 is 5.73 Å². The first-order valence-corrected chi connectivity index (χ1v) is 4.84. The van der Waals surface area contributed by atoms with Gasteiger partial charge >= 0.3 is 5.97 Å². The summed E-state index contributed by atoms with van der Waals surface area (Å²) in [5.41, 5.74) is 5.59. The van der Waals surface area contributed by atoms with Crippen LogP contribution in [0, 0.1) is 0 Å². The molecule has 0 spiro atoms. The Bertz CT molecular complexity index is 336. The van der Waals surface area contributed by atoms with Crippen LogP contribution in [0.1, 0.15) is 13.8 Å². The average molecular weight is 233 g/mol. The van der Waals surface area contributed by atoms with Gasteiger partial charge < -0.3 is 10.5 Å². The van der Waals surface area contributed by atoms with Gasteiger partial charge in [0, 0.05) is 0 Å². The number of rotatable bonds is 2. The summed E-state index contributed by atoms with van der Waals surface area (Å²) >= 11 is 5.84. The molecule has 1 saturated heterocycles. The van der Waals surface area contributed by atoms with E-state index in [9.17, 15) is 9.59 Å². The molecule has 2 N–H and O–H groups in total. The van der Waals surface area contributed by atoms with Crippen molar-refractivity contribution in [1.29, 1.82) is 0 Å². The minimum Gasteiger partial charge on any atom is -0.464 e. The summed E-state index contributed by atoms with van der Waals surface area (Å²) in [6, 6.07) is -0.745.